The Hall–Kier alpha value is -2.13. The van der Waals surface area contributed by atoms with E-state index in [4.69, 9.17) is 4.74 Å². The number of rotatable bonds is 2. The number of nitrogens with zero attached hydrogens (tertiary/aromatic N) is 5. The number of hydrogen-bond donors (Lipinski definition) is 0. The molecule has 0 bridgehead atoms. The summed E-state index contributed by atoms with van der Waals surface area (Å²) in [6.45, 7) is 4.39. The topological polar surface area (TPSA) is 66.5 Å². The Labute approximate surface area is 122 Å². The van der Waals surface area contributed by atoms with Crippen molar-refractivity contribution < 1.29 is 4.74 Å². The van der Waals surface area contributed by atoms with Crippen molar-refractivity contribution >= 4 is 11.3 Å². The smallest absolute Gasteiger partial charge is 0.150 e. The van der Waals surface area contributed by atoms with E-state index in [1.807, 2.05) is 0 Å². The highest BCUT2D eigenvalue weighted by molar-refractivity contribution is 5.64. The van der Waals surface area contributed by atoms with Gasteiger partial charge in [-0.2, -0.15) is 5.26 Å². The predicted molar refractivity (Wildman–Crippen MR) is 77.1 cm³/mol. The highest BCUT2D eigenvalue weighted by atomic mass is 16.5. The van der Waals surface area contributed by atoms with Crippen molar-refractivity contribution in [1.82, 2.24) is 14.6 Å². The van der Waals surface area contributed by atoms with E-state index in [-0.39, 0.29) is 11.5 Å². The summed E-state index contributed by atoms with van der Waals surface area (Å²) in [5.41, 5.74) is 1.67. The molecule has 0 spiro atoms. The number of ether oxygens (including phenoxy) is 1. The molecule has 21 heavy (non-hydrogen) atoms. The number of aromatic nitrogens is 3. The molecule has 2 aliphatic rings. The third-order valence-electron chi connectivity index (χ3n) is 4.52. The van der Waals surface area contributed by atoms with Gasteiger partial charge in [-0.3, -0.25) is 0 Å². The van der Waals surface area contributed by atoms with Crippen molar-refractivity contribution in [3.8, 4) is 6.07 Å². The van der Waals surface area contributed by atoms with Crippen molar-refractivity contribution in [2.45, 2.75) is 31.2 Å². The van der Waals surface area contributed by atoms with E-state index in [0.717, 1.165) is 36.3 Å². The van der Waals surface area contributed by atoms with Crippen molar-refractivity contribution in [1.29, 1.82) is 5.26 Å². The summed E-state index contributed by atoms with van der Waals surface area (Å²) >= 11 is 0. The van der Waals surface area contributed by atoms with Gasteiger partial charge in [-0.15, -0.1) is 5.10 Å². The normalized spacial score (nSPS) is 24.0. The van der Waals surface area contributed by atoms with Crippen LogP contribution in [0.3, 0.4) is 0 Å². The summed E-state index contributed by atoms with van der Waals surface area (Å²) in [5, 5.41) is 14.2. The van der Waals surface area contributed by atoms with Crippen LogP contribution >= 0.6 is 0 Å². The van der Waals surface area contributed by atoms with Crippen molar-refractivity contribution in [3.63, 3.8) is 0 Å². The van der Waals surface area contributed by atoms with Crippen molar-refractivity contribution in [2.24, 2.45) is 0 Å². The lowest BCUT2D eigenvalue weighted by Gasteiger charge is -2.34. The minimum absolute atomic E-state index is 0.289. The van der Waals surface area contributed by atoms with E-state index in [1.54, 1.807) is 17.0 Å². The third kappa shape index (κ3) is 1.88. The minimum Gasteiger partial charge on any atom is -0.377 e. The van der Waals surface area contributed by atoms with Gasteiger partial charge in [0.1, 0.15) is 12.1 Å². The number of fused-ring (bicyclic) bond motifs is 1. The van der Waals surface area contributed by atoms with Crippen LogP contribution < -0.4 is 4.90 Å². The zero-order valence-electron chi connectivity index (χ0n) is 12.0. The van der Waals surface area contributed by atoms with Gasteiger partial charge in [-0.1, -0.05) is 0 Å². The number of anilines is 1. The van der Waals surface area contributed by atoms with E-state index >= 15 is 0 Å². The van der Waals surface area contributed by atoms with E-state index in [1.165, 1.54) is 0 Å². The maximum atomic E-state index is 9.53. The lowest BCUT2D eigenvalue weighted by Crippen LogP contribution is -2.44. The van der Waals surface area contributed by atoms with E-state index < -0.39 is 0 Å². The summed E-state index contributed by atoms with van der Waals surface area (Å²) in [6.07, 6.45) is 5.35. The van der Waals surface area contributed by atoms with E-state index in [2.05, 4.69) is 34.0 Å². The van der Waals surface area contributed by atoms with Crippen molar-refractivity contribution in [3.05, 3.63) is 24.2 Å². The standard InChI is InChI=1S/C15H17N5O/c1-11-8-21-5-4-19(11)14-6-12(15(9-16)2-3-15)13-7-17-10-20(13)18-14/h6-7,10-11H,2-5,8H2,1H3. The van der Waals surface area contributed by atoms with Gasteiger partial charge in [0.25, 0.3) is 0 Å². The Bertz CT molecular complexity index is 727. The fourth-order valence-electron chi connectivity index (χ4n) is 3.06. The molecule has 6 nitrogen and oxygen atoms in total. The molecule has 6 heteroatoms. The molecule has 1 atom stereocenters. The Morgan fingerprint density at radius 1 is 1.48 bits per heavy atom. The maximum Gasteiger partial charge on any atom is 0.150 e. The first-order valence-electron chi connectivity index (χ1n) is 7.33. The third-order valence-corrected chi connectivity index (χ3v) is 4.52. The van der Waals surface area contributed by atoms with Crippen LogP contribution in [0.5, 0.6) is 0 Å². The van der Waals surface area contributed by atoms with Gasteiger partial charge in [0.05, 0.1) is 42.5 Å². The molecule has 1 aliphatic heterocycles. The molecule has 1 saturated heterocycles. The summed E-state index contributed by atoms with van der Waals surface area (Å²) < 4.78 is 7.29. The first-order valence-corrected chi connectivity index (χ1v) is 7.33. The van der Waals surface area contributed by atoms with Gasteiger partial charge in [0.2, 0.25) is 0 Å². The lowest BCUT2D eigenvalue weighted by molar-refractivity contribution is 0.0984. The largest absolute Gasteiger partial charge is 0.377 e. The molecule has 0 aromatic carbocycles. The second-order valence-electron chi connectivity index (χ2n) is 5.95. The average Bonchev–Trinajstić information content (AvgIpc) is 3.16. The molecule has 3 heterocycles. The Kier molecular flexibility index (Phi) is 2.66. The Balaban J connectivity index is 1.85. The summed E-state index contributed by atoms with van der Waals surface area (Å²) in [4.78, 5) is 6.44. The summed E-state index contributed by atoms with van der Waals surface area (Å²) in [6, 6.07) is 4.85. The van der Waals surface area contributed by atoms with Crippen LogP contribution in [0.2, 0.25) is 0 Å². The van der Waals surface area contributed by atoms with Crippen molar-refractivity contribution in [2.75, 3.05) is 24.7 Å². The van der Waals surface area contributed by atoms with E-state index in [9.17, 15) is 5.26 Å². The lowest BCUT2D eigenvalue weighted by atomic mass is 9.98. The molecule has 2 aromatic rings. The Morgan fingerprint density at radius 3 is 3.05 bits per heavy atom. The van der Waals surface area contributed by atoms with Gasteiger partial charge in [-0.25, -0.2) is 9.50 Å². The molecule has 0 radical (unpaired) electrons. The second kappa shape index (κ2) is 4.43. The summed E-state index contributed by atoms with van der Waals surface area (Å²) in [5.74, 6) is 0.910. The molecule has 4 rings (SSSR count). The van der Waals surface area contributed by atoms with Crippen LogP contribution in [0.4, 0.5) is 5.82 Å². The molecule has 1 aliphatic carbocycles. The van der Waals surface area contributed by atoms with Gasteiger partial charge in [0, 0.05) is 12.1 Å². The zero-order valence-corrected chi connectivity index (χ0v) is 12.0. The van der Waals surface area contributed by atoms with E-state index in [0.29, 0.717) is 13.2 Å². The maximum absolute atomic E-state index is 9.53. The molecule has 2 fully saturated rings. The fraction of sp³-hybridized carbons (Fsp3) is 0.533. The second-order valence-corrected chi connectivity index (χ2v) is 5.95. The number of nitriles is 1. The molecule has 0 amide bonds. The van der Waals surface area contributed by atoms with Crippen LogP contribution in [-0.2, 0) is 10.2 Å². The van der Waals surface area contributed by atoms with Crippen LogP contribution in [0.15, 0.2) is 18.6 Å². The number of hydrogen-bond acceptors (Lipinski definition) is 5. The Morgan fingerprint density at radius 2 is 2.33 bits per heavy atom. The molecule has 2 aromatic heterocycles. The highest BCUT2D eigenvalue weighted by Crippen LogP contribution is 2.49. The minimum atomic E-state index is -0.339. The molecule has 1 unspecified atom stereocenters. The SMILES string of the molecule is CC1COCCN1c1cc(C2(C#N)CC2)c2cncn2n1. The van der Waals surface area contributed by atoms with Gasteiger partial charge < -0.3 is 9.64 Å². The van der Waals surface area contributed by atoms with Crippen LogP contribution in [-0.4, -0.2) is 40.4 Å². The first kappa shape index (κ1) is 12.6. The van der Waals surface area contributed by atoms with Gasteiger partial charge in [-0.05, 0) is 25.8 Å². The zero-order chi connectivity index (χ0) is 14.4. The van der Waals surface area contributed by atoms with Gasteiger partial charge in [0.15, 0.2) is 0 Å². The molecular weight excluding hydrogens is 266 g/mol. The summed E-state index contributed by atoms with van der Waals surface area (Å²) in [7, 11) is 0. The predicted octanol–water partition coefficient (Wildman–Crippen LogP) is 1.51. The molecule has 0 N–H and O–H groups in total. The fourth-order valence-corrected chi connectivity index (χ4v) is 3.06. The average molecular weight is 283 g/mol. The van der Waals surface area contributed by atoms with Crippen LogP contribution in [0.1, 0.15) is 25.3 Å². The number of imidazole rings is 1. The molecule has 108 valence electrons. The quantitative estimate of drug-likeness (QED) is 0.835. The first-order chi connectivity index (χ1) is 10.2. The van der Waals surface area contributed by atoms with Crippen LogP contribution in [0.25, 0.3) is 5.52 Å². The number of morpholine rings is 1. The van der Waals surface area contributed by atoms with Gasteiger partial charge >= 0.3 is 0 Å². The highest BCUT2D eigenvalue weighted by Gasteiger charge is 2.47. The molecule has 1 saturated carbocycles. The van der Waals surface area contributed by atoms with Crippen LogP contribution in [0, 0.1) is 11.3 Å². The monoisotopic (exact) mass is 283 g/mol. The molecular formula is C15H17N5O.